The Morgan fingerprint density at radius 1 is 1.38 bits per heavy atom. The van der Waals surface area contributed by atoms with Crippen LogP contribution in [0.2, 0.25) is 18.1 Å². The van der Waals surface area contributed by atoms with Gasteiger partial charge in [0.1, 0.15) is 31.5 Å². The molecule has 0 bridgehead atoms. The normalized spacial score (nSPS) is 25.1. The van der Waals surface area contributed by atoms with Gasteiger partial charge >= 0.3 is 6.41 Å². The van der Waals surface area contributed by atoms with Gasteiger partial charge < -0.3 is 14.9 Å². The molecule has 0 saturated carbocycles. The van der Waals surface area contributed by atoms with Gasteiger partial charge in [-0.25, -0.2) is 19.7 Å². The Bertz CT molecular complexity index is 1080. The van der Waals surface area contributed by atoms with E-state index < -0.39 is 26.8 Å². The number of nitrogen functional groups attached to an aromatic ring is 1. The highest BCUT2D eigenvalue weighted by Crippen LogP contribution is 2.45. The maximum Gasteiger partial charge on any atom is 0.333 e. The lowest BCUT2D eigenvalue weighted by molar-refractivity contribution is -1.02. The molecular formula is C20H34N9O4Si+. The van der Waals surface area contributed by atoms with Gasteiger partial charge in [0, 0.05) is 4.91 Å². The SMILES string of the molecule is CO[N+](C)(C=O)C[C@H]1[C@@H](O[Si](C)(C)C(C)(C)C)[C@H](n2cnc3c(N)ncnc32)O[C@@H]1CN=[N+]=[N-]. The van der Waals surface area contributed by atoms with E-state index in [4.69, 9.17) is 25.3 Å². The minimum atomic E-state index is -2.31. The van der Waals surface area contributed by atoms with Crippen molar-refractivity contribution in [1.29, 1.82) is 0 Å². The topological polar surface area (TPSA) is 163 Å². The molecule has 1 aliphatic rings. The number of carbonyl (C=O) groups is 1. The van der Waals surface area contributed by atoms with Crippen molar-refractivity contribution >= 4 is 31.7 Å². The van der Waals surface area contributed by atoms with Crippen molar-refractivity contribution in [3.8, 4) is 0 Å². The van der Waals surface area contributed by atoms with Crippen LogP contribution < -0.4 is 5.73 Å². The van der Waals surface area contributed by atoms with Gasteiger partial charge in [0.25, 0.3) is 0 Å². The van der Waals surface area contributed by atoms with E-state index in [0.717, 1.165) is 6.41 Å². The lowest BCUT2D eigenvalue weighted by Gasteiger charge is -2.41. The molecule has 1 amide bonds. The maximum atomic E-state index is 11.9. The van der Waals surface area contributed by atoms with Gasteiger partial charge in [0.05, 0.1) is 32.0 Å². The molecule has 0 aliphatic carbocycles. The summed E-state index contributed by atoms with van der Waals surface area (Å²) in [5, 5.41) is 3.68. The highest BCUT2D eigenvalue weighted by Gasteiger charge is 2.53. The number of anilines is 1. The Morgan fingerprint density at radius 2 is 2.09 bits per heavy atom. The number of fused-ring (bicyclic) bond motifs is 1. The summed E-state index contributed by atoms with van der Waals surface area (Å²) >= 11 is 0. The molecule has 5 atom stereocenters. The zero-order chi connectivity index (χ0) is 25.3. The molecule has 2 aromatic rings. The second-order valence-corrected chi connectivity index (χ2v) is 15.0. The second-order valence-electron chi connectivity index (χ2n) is 10.2. The number of hydrogen-bond acceptors (Lipinski definition) is 9. The lowest BCUT2D eigenvalue weighted by atomic mass is 9.97. The van der Waals surface area contributed by atoms with E-state index in [1.807, 2.05) is 0 Å². The van der Waals surface area contributed by atoms with E-state index in [1.165, 1.54) is 13.4 Å². The molecule has 0 spiro atoms. The van der Waals surface area contributed by atoms with E-state index >= 15 is 0 Å². The molecule has 1 aliphatic heterocycles. The first kappa shape index (κ1) is 26.0. The highest BCUT2D eigenvalue weighted by atomic mass is 28.4. The summed E-state index contributed by atoms with van der Waals surface area (Å²) in [7, 11) is 0.819. The van der Waals surface area contributed by atoms with Crippen molar-refractivity contribution < 1.29 is 23.4 Å². The van der Waals surface area contributed by atoms with E-state index in [0.29, 0.717) is 11.2 Å². The first-order valence-electron chi connectivity index (χ1n) is 11.0. The number of amides is 1. The average Bonchev–Trinajstić information content (AvgIpc) is 3.34. The van der Waals surface area contributed by atoms with Crippen LogP contribution in [0.25, 0.3) is 21.6 Å². The summed E-state index contributed by atoms with van der Waals surface area (Å²) in [5.41, 5.74) is 15.9. The second kappa shape index (κ2) is 9.56. The molecule has 1 fully saturated rings. The monoisotopic (exact) mass is 492 g/mol. The van der Waals surface area contributed by atoms with Crippen LogP contribution in [-0.2, 0) is 18.8 Å². The minimum absolute atomic E-state index is 0.0708. The predicted octanol–water partition coefficient (Wildman–Crippen LogP) is 2.79. The van der Waals surface area contributed by atoms with Crippen molar-refractivity contribution in [3.63, 3.8) is 0 Å². The Morgan fingerprint density at radius 3 is 2.68 bits per heavy atom. The van der Waals surface area contributed by atoms with Crippen molar-refractivity contribution in [2.75, 3.05) is 33.0 Å². The number of aromatic nitrogens is 4. The van der Waals surface area contributed by atoms with Gasteiger partial charge in [-0.05, 0) is 23.7 Å². The predicted molar refractivity (Wildman–Crippen MR) is 127 cm³/mol. The smallest absolute Gasteiger partial charge is 0.333 e. The van der Waals surface area contributed by atoms with Crippen molar-refractivity contribution in [2.45, 2.75) is 57.3 Å². The highest BCUT2D eigenvalue weighted by molar-refractivity contribution is 6.74. The van der Waals surface area contributed by atoms with E-state index in [2.05, 4.69) is 58.8 Å². The number of quaternary nitrogens is 1. The molecule has 1 unspecified atom stereocenters. The molecular weight excluding hydrogens is 458 g/mol. The standard InChI is InChI=1S/C20H34N9O4Si/c1-20(2,3)34(6,7)33-16-13(9-29(4,12-30)31-5)14(8-26-27-22)32-19(16)28-11-25-15-17(21)23-10-24-18(15)28/h10-14,16,19H,8-9H2,1-7H3,(H2,21,23,24)/q+1/t13-,14-,16-,19-,29?/m1/s1. The van der Waals surface area contributed by atoms with Crippen LogP contribution >= 0.6 is 0 Å². The summed E-state index contributed by atoms with van der Waals surface area (Å²) in [6, 6.07) is 0. The molecule has 34 heavy (non-hydrogen) atoms. The number of ether oxygens (including phenoxy) is 1. The summed E-state index contributed by atoms with van der Waals surface area (Å²) in [4.78, 5) is 33.0. The first-order valence-corrected chi connectivity index (χ1v) is 13.9. The number of nitrogens with zero attached hydrogens (tertiary/aromatic N) is 8. The molecule has 186 valence electrons. The molecule has 0 aromatic carbocycles. The zero-order valence-electron chi connectivity index (χ0n) is 20.7. The molecule has 1 saturated heterocycles. The fraction of sp³-hybridized carbons (Fsp3) is 0.700. The Labute approximate surface area is 199 Å². The van der Waals surface area contributed by atoms with Crippen LogP contribution in [0.1, 0.15) is 27.0 Å². The third kappa shape index (κ3) is 4.92. The molecule has 3 heterocycles. The third-order valence-electron chi connectivity index (χ3n) is 6.93. The van der Waals surface area contributed by atoms with Gasteiger partial charge in [-0.3, -0.25) is 4.57 Å². The van der Waals surface area contributed by atoms with Crippen LogP contribution in [0, 0.1) is 5.92 Å². The summed E-state index contributed by atoms with van der Waals surface area (Å²) in [5.74, 6) is -0.0771. The van der Waals surface area contributed by atoms with Gasteiger partial charge in [-0.15, -0.1) is 4.65 Å². The van der Waals surface area contributed by atoms with E-state index in [9.17, 15) is 4.79 Å². The summed E-state index contributed by atoms with van der Waals surface area (Å²) < 4.78 is 14.8. The number of hydrogen-bond donors (Lipinski definition) is 1. The number of azide groups is 1. The minimum Gasteiger partial charge on any atom is -0.409 e. The molecule has 13 nitrogen and oxygen atoms in total. The molecule has 0 radical (unpaired) electrons. The number of nitrogens with two attached hydrogens (primary N) is 1. The van der Waals surface area contributed by atoms with Crippen LogP contribution in [-0.4, -0.2) is 78.3 Å². The van der Waals surface area contributed by atoms with Crippen molar-refractivity contribution in [2.24, 2.45) is 11.0 Å². The van der Waals surface area contributed by atoms with Gasteiger partial charge in [0.15, 0.2) is 26.0 Å². The quantitative estimate of drug-likeness (QED) is 0.106. The van der Waals surface area contributed by atoms with Crippen LogP contribution in [0.4, 0.5) is 5.82 Å². The summed E-state index contributed by atoms with van der Waals surface area (Å²) in [6.45, 7) is 11.1. The number of imidazole rings is 1. The summed E-state index contributed by atoms with van der Waals surface area (Å²) in [6.07, 6.45) is 2.02. The van der Waals surface area contributed by atoms with Crippen LogP contribution in [0.5, 0.6) is 0 Å². The number of carbonyl (C=O) groups excluding carboxylic acids is 1. The molecule has 14 heteroatoms. The number of hydroxylamine groups is 3. The van der Waals surface area contributed by atoms with Crippen LogP contribution in [0.15, 0.2) is 17.8 Å². The molecule has 2 aromatic heterocycles. The van der Waals surface area contributed by atoms with Gasteiger partial charge in [-0.1, -0.05) is 25.9 Å². The molecule has 2 N–H and O–H groups in total. The Hall–Kier alpha value is -2.61. The largest absolute Gasteiger partial charge is 0.409 e. The van der Waals surface area contributed by atoms with Gasteiger partial charge in [0.2, 0.25) is 0 Å². The first-order chi connectivity index (χ1) is 15.9. The Balaban J connectivity index is 2.14. The van der Waals surface area contributed by atoms with E-state index in [-0.39, 0.29) is 34.5 Å². The zero-order valence-corrected chi connectivity index (χ0v) is 21.7. The number of rotatable bonds is 9. The Kier molecular flexibility index (Phi) is 7.31. The molecule has 3 rings (SSSR count). The maximum absolute atomic E-state index is 11.9. The van der Waals surface area contributed by atoms with Crippen LogP contribution in [0.3, 0.4) is 0 Å². The van der Waals surface area contributed by atoms with Crippen molar-refractivity contribution in [1.82, 2.24) is 19.5 Å². The average molecular weight is 493 g/mol. The van der Waals surface area contributed by atoms with Gasteiger partial charge in [-0.2, -0.15) is 4.84 Å². The lowest BCUT2D eigenvalue weighted by Crippen LogP contribution is -2.53. The third-order valence-corrected chi connectivity index (χ3v) is 11.4. The van der Waals surface area contributed by atoms with Crippen molar-refractivity contribution in [3.05, 3.63) is 23.1 Å². The fourth-order valence-electron chi connectivity index (χ4n) is 3.82. The fourth-order valence-corrected chi connectivity index (χ4v) is 5.14. The van der Waals surface area contributed by atoms with E-state index in [1.54, 1.807) is 17.9 Å².